The minimum atomic E-state index is -5.09. The molecule has 0 aliphatic carbocycles. The molecule has 0 saturated carbocycles. The van der Waals surface area contributed by atoms with Crippen molar-refractivity contribution in [2.75, 3.05) is 6.26 Å². The second-order valence-corrected chi connectivity index (χ2v) is 3.23. The van der Waals surface area contributed by atoms with E-state index in [1.54, 1.807) is 0 Å². The molecule has 0 spiro atoms. The first-order valence-electron chi connectivity index (χ1n) is 1.51. The first-order chi connectivity index (χ1) is 3.25. The Morgan fingerprint density at radius 1 is 1.22 bits per heavy atom. The molecule has 0 bridgehead atoms. The summed E-state index contributed by atoms with van der Waals surface area (Å²) in [5.41, 5.74) is -5.09. The van der Waals surface area contributed by atoms with Crippen molar-refractivity contribution in [3.8, 4) is 0 Å². The van der Waals surface area contributed by atoms with Gasteiger partial charge in [-0.3, -0.25) is 0 Å². The zero-order valence-electron chi connectivity index (χ0n) is 3.86. The van der Waals surface area contributed by atoms with Crippen LogP contribution in [0.1, 0.15) is 0 Å². The summed E-state index contributed by atoms with van der Waals surface area (Å²) in [7, 11) is -4.84. The van der Waals surface area contributed by atoms with Gasteiger partial charge >= 0.3 is 24.4 Å². The number of rotatable bonds is 0. The van der Waals surface area contributed by atoms with Crippen molar-refractivity contribution in [3.05, 3.63) is 0 Å². The molecule has 0 N–H and O–H groups in total. The quantitative estimate of drug-likeness (QED) is 0.459. The van der Waals surface area contributed by atoms with Gasteiger partial charge in [-0.2, -0.15) is 13.2 Å². The predicted octanol–water partition coefficient (Wildman–Crippen LogP) is -0.0977. The summed E-state index contributed by atoms with van der Waals surface area (Å²) >= 11 is 0. The van der Waals surface area contributed by atoms with Crippen LogP contribution in [0.2, 0.25) is 0 Å². The van der Waals surface area contributed by atoms with Crippen LogP contribution in [0, 0.1) is 0 Å². The van der Waals surface area contributed by atoms with Gasteiger partial charge in [0.25, 0.3) is 0 Å². The van der Waals surface area contributed by atoms with Crippen molar-refractivity contribution in [2.24, 2.45) is 0 Å². The zero-order valence-corrected chi connectivity index (χ0v) is 4.68. The summed E-state index contributed by atoms with van der Waals surface area (Å²) < 4.78 is 52.0. The average molecular weight is 156 g/mol. The maximum atomic E-state index is 11.0. The summed E-state index contributed by atoms with van der Waals surface area (Å²) in [4.78, 5) is 0. The second kappa shape index (κ2) is 2.95. The van der Waals surface area contributed by atoms with Crippen LogP contribution in [0.3, 0.4) is 0 Å². The third-order valence-corrected chi connectivity index (χ3v) is 1.26. The van der Waals surface area contributed by atoms with Crippen molar-refractivity contribution in [1.82, 2.24) is 0 Å². The molecule has 0 aromatic rings. The van der Waals surface area contributed by atoms with E-state index in [2.05, 4.69) is 0 Å². The van der Waals surface area contributed by atoms with Gasteiger partial charge in [0.1, 0.15) is 0 Å². The maximum absolute atomic E-state index is 11.0. The van der Waals surface area contributed by atoms with Crippen molar-refractivity contribution >= 4 is 28.7 Å². The van der Waals surface area contributed by atoms with Gasteiger partial charge in [-0.25, -0.2) is 8.42 Å². The molecule has 0 fully saturated rings. The minimum absolute atomic E-state index is 0. The Morgan fingerprint density at radius 3 is 1.33 bits per heavy atom. The third-order valence-electron chi connectivity index (χ3n) is 0.420. The molecule has 0 rings (SSSR count). The first-order valence-corrected chi connectivity index (χ1v) is 3.40. The monoisotopic (exact) mass is 156 g/mol. The summed E-state index contributed by atoms with van der Waals surface area (Å²) in [6, 6.07) is 0. The van der Waals surface area contributed by atoms with E-state index in [4.69, 9.17) is 0 Å². The van der Waals surface area contributed by atoms with Crippen LogP contribution >= 0.6 is 0 Å². The van der Waals surface area contributed by atoms with Gasteiger partial charge in [0.15, 0.2) is 0 Å². The number of hydrogen-bond acceptors (Lipinski definition) is 2. The third kappa shape index (κ3) is 3.84. The van der Waals surface area contributed by atoms with Crippen LogP contribution in [-0.2, 0) is 9.84 Å². The van der Waals surface area contributed by atoms with Gasteiger partial charge in [0, 0.05) is 6.26 Å². The van der Waals surface area contributed by atoms with Gasteiger partial charge in [-0.1, -0.05) is 0 Å². The van der Waals surface area contributed by atoms with Gasteiger partial charge in [0.2, 0.25) is 9.84 Å². The Morgan fingerprint density at radius 2 is 1.33 bits per heavy atom. The van der Waals surface area contributed by atoms with Gasteiger partial charge in [-0.05, 0) is 0 Å². The van der Waals surface area contributed by atoms with E-state index < -0.39 is 15.3 Å². The number of halogens is 3. The van der Waals surface area contributed by atoms with E-state index in [9.17, 15) is 21.6 Å². The Labute approximate surface area is 62.5 Å². The van der Waals surface area contributed by atoms with Gasteiger partial charge < -0.3 is 0 Å². The molecule has 0 amide bonds. The van der Waals surface area contributed by atoms with Crippen LogP contribution in [0.5, 0.6) is 0 Å². The Balaban J connectivity index is 0. The molecule has 0 aliphatic heterocycles. The van der Waals surface area contributed by atoms with Crippen LogP contribution in [-0.4, -0.2) is 39.0 Å². The molecule has 0 heterocycles. The fraction of sp³-hybridized carbons (Fsp3) is 1.00. The van der Waals surface area contributed by atoms with E-state index in [-0.39, 0.29) is 25.1 Å². The van der Waals surface area contributed by atoms with Gasteiger partial charge in [-0.15, -0.1) is 0 Å². The Kier molecular flexibility index (Phi) is 3.95. The van der Waals surface area contributed by atoms with Crippen LogP contribution in [0.4, 0.5) is 13.2 Å². The molecule has 7 heteroatoms. The number of alkyl halides is 3. The van der Waals surface area contributed by atoms with Crippen molar-refractivity contribution in [3.63, 3.8) is 0 Å². The van der Waals surface area contributed by atoms with Crippen molar-refractivity contribution < 1.29 is 21.6 Å². The molecule has 0 radical (unpaired) electrons. The summed E-state index contributed by atoms with van der Waals surface area (Å²) in [6.45, 7) is 0. The SMILES string of the molecule is CS(=O)(=O)C(F)(F)F.[LiH]. The van der Waals surface area contributed by atoms with Crippen molar-refractivity contribution in [2.45, 2.75) is 5.51 Å². The fourth-order valence-corrected chi connectivity index (χ4v) is 0. The molecule has 52 valence electrons. The molecule has 0 unspecified atom stereocenters. The van der Waals surface area contributed by atoms with Crippen LogP contribution in [0.25, 0.3) is 0 Å². The van der Waals surface area contributed by atoms with Crippen LogP contribution < -0.4 is 0 Å². The van der Waals surface area contributed by atoms with Crippen LogP contribution in [0.15, 0.2) is 0 Å². The van der Waals surface area contributed by atoms with E-state index in [0.29, 0.717) is 0 Å². The molecule has 0 aromatic carbocycles. The molecule has 0 atom stereocenters. The molecule has 0 aliphatic rings. The summed E-state index contributed by atoms with van der Waals surface area (Å²) in [5, 5.41) is 0. The molecular weight excluding hydrogens is 152 g/mol. The second-order valence-electron chi connectivity index (χ2n) is 1.22. The zero-order chi connectivity index (χ0) is 7.00. The first kappa shape index (κ1) is 12.1. The summed E-state index contributed by atoms with van der Waals surface area (Å²) in [6.07, 6.45) is 0.118. The van der Waals surface area contributed by atoms with E-state index in [1.807, 2.05) is 0 Å². The van der Waals surface area contributed by atoms with E-state index in [0.717, 1.165) is 0 Å². The number of hydrogen-bond donors (Lipinski definition) is 0. The van der Waals surface area contributed by atoms with Gasteiger partial charge in [0.05, 0.1) is 0 Å². The fourth-order valence-electron chi connectivity index (χ4n) is 0. The number of sulfone groups is 1. The predicted molar refractivity (Wildman–Crippen MR) is 28.0 cm³/mol. The molecule has 0 aromatic heterocycles. The standard InChI is InChI=1S/C2H3F3O2S.Li.H/c1-8(6,7)2(3,4)5;;/h1H3;;. The van der Waals surface area contributed by atoms with E-state index in [1.165, 1.54) is 0 Å². The normalized spacial score (nSPS) is 12.4. The summed E-state index contributed by atoms with van der Waals surface area (Å²) in [5.74, 6) is 0. The topological polar surface area (TPSA) is 34.1 Å². The Hall–Kier alpha value is 0.337. The molecular formula is C2H4F3LiO2S. The molecule has 0 saturated heterocycles. The molecule has 9 heavy (non-hydrogen) atoms. The Bertz CT molecular complexity index is 169. The average Bonchev–Trinajstić information content (AvgIpc) is 1.25. The van der Waals surface area contributed by atoms with E-state index >= 15 is 0 Å². The molecule has 2 nitrogen and oxygen atoms in total. The van der Waals surface area contributed by atoms with Crippen molar-refractivity contribution in [1.29, 1.82) is 0 Å².